The first-order chi connectivity index (χ1) is 15.1. The summed E-state index contributed by atoms with van der Waals surface area (Å²) in [5.41, 5.74) is 3.08. The van der Waals surface area contributed by atoms with Gasteiger partial charge in [-0.3, -0.25) is 14.2 Å². The molecule has 2 aromatic carbocycles. The average molecular weight is 432 g/mol. The number of hydrogen-bond acceptors (Lipinski definition) is 6. The van der Waals surface area contributed by atoms with Crippen molar-refractivity contribution >= 4 is 40.1 Å². The number of methoxy groups -OCH3 is 1. The Bertz CT molecular complexity index is 1290. The number of benzene rings is 2. The predicted molar refractivity (Wildman–Crippen MR) is 125 cm³/mol. The number of nitrogens with zero attached hydrogens (tertiary/aromatic N) is 2. The van der Waals surface area contributed by atoms with Crippen LogP contribution in [0.15, 0.2) is 82.6 Å². The molecule has 0 aliphatic heterocycles. The molecule has 1 N–H and O–H groups in total. The summed E-state index contributed by atoms with van der Waals surface area (Å²) in [5, 5.41) is 4.35. The molecule has 2 heterocycles. The highest BCUT2D eigenvalue weighted by Crippen LogP contribution is 2.30. The van der Waals surface area contributed by atoms with Crippen LogP contribution in [0.3, 0.4) is 0 Å². The lowest BCUT2D eigenvalue weighted by molar-refractivity contribution is -0.137. The Morgan fingerprint density at radius 2 is 1.74 bits per heavy atom. The van der Waals surface area contributed by atoms with Crippen molar-refractivity contribution in [3.8, 4) is 5.69 Å². The SMILES string of the molecule is COC(=O)CSc1nc(C)cc2c1c(=O)cc(Nc1ccccc1)n2-c1ccccc1. The minimum Gasteiger partial charge on any atom is -0.468 e. The van der Waals surface area contributed by atoms with E-state index in [1.807, 2.05) is 78.2 Å². The van der Waals surface area contributed by atoms with Gasteiger partial charge in [0, 0.05) is 23.1 Å². The second kappa shape index (κ2) is 9.06. The van der Waals surface area contributed by atoms with Crippen LogP contribution in [-0.2, 0) is 9.53 Å². The molecule has 0 atom stereocenters. The normalized spacial score (nSPS) is 10.8. The summed E-state index contributed by atoms with van der Waals surface area (Å²) < 4.78 is 6.74. The van der Waals surface area contributed by atoms with E-state index in [1.54, 1.807) is 6.07 Å². The van der Waals surface area contributed by atoms with E-state index in [-0.39, 0.29) is 17.2 Å². The van der Waals surface area contributed by atoms with Crippen LogP contribution in [0, 0.1) is 6.92 Å². The number of esters is 1. The summed E-state index contributed by atoms with van der Waals surface area (Å²) in [6.45, 7) is 1.87. The van der Waals surface area contributed by atoms with Crippen LogP contribution in [0.25, 0.3) is 16.6 Å². The molecule has 7 heteroatoms. The number of hydrogen-bond donors (Lipinski definition) is 1. The molecule has 0 aliphatic carbocycles. The Balaban J connectivity index is 1.96. The fourth-order valence-corrected chi connectivity index (χ4v) is 4.26. The van der Waals surface area contributed by atoms with E-state index >= 15 is 0 Å². The molecule has 0 radical (unpaired) electrons. The number of nitrogens with one attached hydrogen (secondary N) is 1. The highest BCUT2D eigenvalue weighted by Gasteiger charge is 2.17. The fraction of sp³-hybridized carbons (Fsp3) is 0.125. The lowest BCUT2D eigenvalue weighted by atomic mass is 10.2. The number of anilines is 2. The van der Waals surface area contributed by atoms with Crippen molar-refractivity contribution < 1.29 is 9.53 Å². The van der Waals surface area contributed by atoms with E-state index in [0.29, 0.717) is 16.2 Å². The zero-order valence-corrected chi connectivity index (χ0v) is 18.0. The molecule has 4 rings (SSSR count). The van der Waals surface area contributed by atoms with Gasteiger partial charge in [0.05, 0.1) is 23.8 Å². The molecule has 0 aliphatic rings. The molecule has 0 spiro atoms. The summed E-state index contributed by atoms with van der Waals surface area (Å²) in [5.74, 6) is 0.355. The molecular formula is C24H21N3O3S. The van der Waals surface area contributed by atoms with Gasteiger partial charge < -0.3 is 10.1 Å². The first-order valence-corrected chi connectivity index (χ1v) is 10.7. The van der Waals surface area contributed by atoms with Gasteiger partial charge in [-0.2, -0.15) is 0 Å². The van der Waals surface area contributed by atoms with Crippen LogP contribution < -0.4 is 10.7 Å². The summed E-state index contributed by atoms with van der Waals surface area (Å²) in [4.78, 5) is 29.4. The molecule has 0 saturated heterocycles. The number of thioether (sulfide) groups is 1. The van der Waals surface area contributed by atoms with Gasteiger partial charge in [0.1, 0.15) is 10.8 Å². The Kier molecular flexibility index (Phi) is 6.04. The standard InChI is InChI=1S/C24H21N3O3S/c1-16-13-19-23(24(25-16)31-15-22(29)30-2)20(28)14-21(26-17-9-5-3-6-10-17)27(19)18-11-7-4-8-12-18/h3-14,26H,15H2,1-2H3. The van der Waals surface area contributed by atoms with Gasteiger partial charge >= 0.3 is 5.97 Å². The summed E-state index contributed by atoms with van der Waals surface area (Å²) in [6, 6.07) is 23.0. The molecule has 0 unspecified atom stereocenters. The maximum Gasteiger partial charge on any atom is 0.316 e. The maximum absolute atomic E-state index is 13.2. The van der Waals surface area contributed by atoms with Crippen LogP contribution in [0.4, 0.5) is 11.5 Å². The fourth-order valence-electron chi connectivity index (χ4n) is 3.33. The monoisotopic (exact) mass is 431 g/mol. The third-order valence-electron chi connectivity index (χ3n) is 4.70. The molecule has 6 nitrogen and oxygen atoms in total. The second-order valence-electron chi connectivity index (χ2n) is 6.88. The number of aromatic nitrogens is 2. The molecule has 0 fully saturated rings. The van der Waals surface area contributed by atoms with Crippen LogP contribution >= 0.6 is 11.8 Å². The Morgan fingerprint density at radius 1 is 1.06 bits per heavy atom. The molecule has 0 bridgehead atoms. The van der Waals surface area contributed by atoms with Crippen molar-refractivity contribution in [2.75, 3.05) is 18.2 Å². The third kappa shape index (κ3) is 4.46. The Hall–Kier alpha value is -3.58. The maximum atomic E-state index is 13.2. The summed E-state index contributed by atoms with van der Waals surface area (Å²) in [7, 11) is 1.34. The van der Waals surface area contributed by atoms with Gasteiger partial charge in [-0.1, -0.05) is 48.2 Å². The number of fused-ring (bicyclic) bond motifs is 1. The molecular weight excluding hydrogens is 410 g/mol. The number of para-hydroxylation sites is 2. The third-order valence-corrected chi connectivity index (χ3v) is 5.65. The Labute approximate surface area is 183 Å². The Morgan fingerprint density at radius 3 is 2.42 bits per heavy atom. The van der Waals surface area contributed by atoms with Crippen molar-refractivity contribution in [1.82, 2.24) is 9.55 Å². The van der Waals surface area contributed by atoms with Crippen molar-refractivity contribution in [2.45, 2.75) is 11.9 Å². The van der Waals surface area contributed by atoms with Crippen LogP contribution in [0.2, 0.25) is 0 Å². The molecule has 31 heavy (non-hydrogen) atoms. The van der Waals surface area contributed by atoms with E-state index in [0.717, 1.165) is 22.6 Å². The number of ether oxygens (including phenoxy) is 1. The molecule has 4 aromatic rings. The van der Waals surface area contributed by atoms with Gasteiger partial charge in [0.15, 0.2) is 5.43 Å². The van der Waals surface area contributed by atoms with Gasteiger partial charge in [-0.05, 0) is 37.3 Å². The number of carbonyl (C=O) groups excluding carboxylic acids is 1. The number of rotatable bonds is 6. The van der Waals surface area contributed by atoms with E-state index in [9.17, 15) is 9.59 Å². The van der Waals surface area contributed by atoms with E-state index in [1.165, 1.54) is 18.9 Å². The lowest BCUT2D eigenvalue weighted by Crippen LogP contribution is -2.14. The van der Waals surface area contributed by atoms with E-state index in [2.05, 4.69) is 10.3 Å². The minimum absolute atomic E-state index is 0.0802. The average Bonchev–Trinajstić information content (AvgIpc) is 2.78. The zero-order valence-electron chi connectivity index (χ0n) is 17.2. The van der Waals surface area contributed by atoms with E-state index < -0.39 is 0 Å². The van der Waals surface area contributed by atoms with Crippen molar-refractivity contribution in [1.29, 1.82) is 0 Å². The van der Waals surface area contributed by atoms with Crippen molar-refractivity contribution in [2.24, 2.45) is 0 Å². The summed E-state index contributed by atoms with van der Waals surface area (Å²) in [6.07, 6.45) is 0. The van der Waals surface area contributed by atoms with Crippen molar-refractivity contribution in [3.05, 3.63) is 88.7 Å². The van der Waals surface area contributed by atoms with Gasteiger partial charge in [-0.15, -0.1) is 0 Å². The van der Waals surface area contributed by atoms with Crippen LogP contribution in [0.5, 0.6) is 0 Å². The molecule has 156 valence electrons. The number of aryl methyl sites for hydroxylation is 1. The van der Waals surface area contributed by atoms with Crippen LogP contribution in [-0.4, -0.2) is 28.4 Å². The van der Waals surface area contributed by atoms with Gasteiger partial charge in [0.2, 0.25) is 0 Å². The first kappa shape index (κ1) is 20.7. The highest BCUT2D eigenvalue weighted by molar-refractivity contribution is 8.00. The smallest absolute Gasteiger partial charge is 0.316 e. The molecule has 2 aromatic heterocycles. The summed E-state index contributed by atoms with van der Waals surface area (Å²) >= 11 is 1.21. The number of carbonyl (C=O) groups is 1. The zero-order chi connectivity index (χ0) is 21.8. The van der Waals surface area contributed by atoms with Crippen molar-refractivity contribution in [3.63, 3.8) is 0 Å². The molecule has 0 saturated carbocycles. The topological polar surface area (TPSA) is 73.2 Å². The number of pyridine rings is 2. The predicted octanol–water partition coefficient (Wildman–Crippen LogP) is 4.70. The minimum atomic E-state index is -0.368. The van der Waals surface area contributed by atoms with E-state index in [4.69, 9.17) is 4.74 Å². The van der Waals surface area contributed by atoms with Crippen LogP contribution in [0.1, 0.15) is 5.69 Å². The quantitative estimate of drug-likeness (QED) is 0.352. The van der Waals surface area contributed by atoms with Gasteiger partial charge in [-0.25, -0.2) is 4.98 Å². The largest absolute Gasteiger partial charge is 0.468 e. The highest BCUT2D eigenvalue weighted by atomic mass is 32.2. The van der Waals surface area contributed by atoms with Gasteiger partial charge in [0.25, 0.3) is 0 Å². The first-order valence-electron chi connectivity index (χ1n) is 9.71. The second-order valence-corrected chi connectivity index (χ2v) is 7.85. The molecule has 0 amide bonds. The lowest BCUT2D eigenvalue weighted by Gasteiger charge is -2.19.